The van der Waals surface area contributed by atoms with E-state index in [1.165, 1.54) is 24.2 Å². The van der Waals surface area contributed by atoms with E-state index in [9.17, 15) is 14.4 Å². The van der Waals surface area contributed by atoms with Crippen LogP contribution in [0.25, 0.3) is 0 Å². The first kappa shape index (κ1) is 24.0. The molecule has 1 saturated carbocycles. The first-order valence-corrected chi connectivity index (χ1v) is 11.8. The number of likely N-dealkylation sites (N-methyl/N-ethyl adjacent to an activating group) is 1. The third-order valence-corrected chi connectivity index (χ3v) is 6.23. The summed E-state index contributed by atoms with van der Waals surface area (Å²) in [6.07, 6.45) is 6.30. The molecule has 2 aliphatic rings. The van der Waals surface area contributed by atoms with Crippen LogP contribution in [-0.4, -0.2) is 68.6 Å². The summed E-state index contributed by atoms with van der Waals surface area (Å²) < 4.78 is 5.37. The average Bonchev–Trinajstić information content (AvgIpc) is 2.82. The van der Waals surface area contributed by atoms with E-state index in [-0.39, 0.29) is 30.8 Å². The third-order valence-electron chi connectivity index (χ3n) is 6.23. The van der Waals surface area contributed by atoms with E-state index < -0.39 is 0 Å². The molecule has 1 aliphatic carbocycles. The Balaban J connectivity index is 1.41. The van der Waals surface area contributed by atoms with Crippen molar-refractivity contribution < 1.29 is 19.1 Å². The number of benzene rings is 1. The number of amides is 3. The van der Waals surface area contributed by atoms with Gasteiger partial charge in [-0.1, -0.05) is 19.3 Å². The van der Waals surface area contributed by atoms with Crippen LogP contribution < -0.4 is 15.5 Å². The molecule has 1 aliphatic heterocycles. The molecule has 0 bridgehead atoms. The molecule has 0 aromatic heterocycles. The van der Waals surface area contributed by atoms with Crippen LogP contribution in [0.2, 0.25) is 0 Å². The van der Waals surface area contributed by atoms with Crippen LogP contribution in [0, 0.1) is 5.92 Å². The number of rotatable bonds is 9. The number of morpholine rings is 1. The molecule has 1 saturated heterocycles. The minimum absolute atomic E-state index is 0.0426. The molecule has 3 rings (SSSR count). The molecular formula is C24H36N4O4. The molecule has 176 valence electrons. The van der Waals surface area contributed by atoms with Crippen molar-refractivity contribution in [3.8, 4) is 0 Å². The monoisotopic (exact) mass is 444 g/mol. The number of nitrogens with zero attached hydrogens (tertiary/aromatic N) is 2. The molecule has 3 amide bonds. The summed E-state index contributed by atoms with van der Waals surface area (Å²) in [6, 6.07) is 7.69. The Kier molecular flexibility index (Phi) is 9.34. The second-order valence-electron chi connectivity index (χ2n) is 8.59. The van der Waals surface area contributed by atoms with Crippen molar-refractivity contribution in [2.24, 2.45) is 5.92 Å². The smallest absolute Gasteiger partial charge is 0.243 e. The Morgan fingerprint density at radius 2 is 1.72 bits per heavy atom. The maximum Gasteiger partial charge on any atom is 0.243 e. The van der Waals surface area contributed by atoms with Crippen LogP contribution >= 0.6 is 0 Å². The Morgan fingerprint density at radius 3 is 2.38 bits per heavy atom. The quantitative estimate of drug-likeness (QED) is 0.610. The molecule has 0 atom stereocenters. The molecule has 0 radical (unpaired) electrons. The molecule has 2 fully saturated rings. The maximum atomic E-state index is 12.5. The number of carbonyl (C=O) groups is 3. The fourth-order valence-corrected chi connectivity index (χ4v) is 4.34. The predicted octanol–water partition coefficient (Wildman–Crippen LogP) is 2.40. The van der Waals surface area contributed by atoms with Crippen molar-refractivity contribution in [3.63, 3.8) is 0 Å². The summed E-state index contributed by atoms with van der Waals surface area (Å²) in [5.74, 6) is -0.150. The van der Waals surface area contributed by atoms with Crippen LogP contribution in [0.4, 0.5) is 11.4 Å². The van der Waals surface area contributed by atoms with Crippen LogP contribution in [0.3, 0.4) is 0 Å². The first-order valence-electron chi connectivity index (χ1n) is 11.8. The Hall–Kier alpha value is -2.61. The molecule has 1 aromatic rings. The lowest BCUT2D eigenvalue weighted by Gasteiger charge is -2.29. The fourth-order valence-electron chi connectivity index (χ4n) is 4.34. The topological polar surface area (TPSA) is 91.0 Å². The van der Waals surface area contributed by atoms with E-state index in [0.717, 1.165) is 44.8 Å². The normalized spacial score (nSPS) is 17.0. The highest BCUT2D eigenvalue weighted by atomic mass is 16.5. The van der Waals surface area contributed by atoms with Crippen molar-refractivity contribution in [1.82, 2.24) is 10.2 Å². The number of hydrogen-bond acceptors (Lipinski definition) is 5. The largest absolute Gasteiger partial charge is 0.378 e. The highest BCUT2D eigenvalue weighted by Gasteiger charge is 2.20. The summed E-state index contributed by atoms with van der Waals surface area (Å²) in [4.78, 5) is 40.8. The van der Waals surface area contributed by atoms with Crippen molar-refractivity contribution in [2.75, 3.05) is 56.2 Å². The van der Waals surface area contributed by atoms with E-state index in [1.807, 2.05) is 31.2 Å². The van der Waals surface area contributed by atoms with Gasteiger partial charge < -0.3 is 25.2 Å². The third kappa shape index (κ3) is 7.51. The lowest BCUT2D eigenvalue weighted by Crippen LogP contribution is -2.43. The van der Waals surface area contributed by atoms with Gasteiger partial charge in [-0.15, -0.1) is 0 Å². The van der Waals surface area contributed by atoms with Gasteiger partial charge in [0.1, 0.15) is 0 Å². The Labute approximate surface area is 190 Å². The summed E-state index contributed by atoms with van der Waals surface area (Å²) in [5, 5.41) is 5.58. The summed E-state index contributed by atoms with van der Waals surface area (Å²) in [7, 11) is 0. The van der Waals surface area contributed by atoms with Gasteiger partial charge in [-0.2, -0.15) is 0 Å². The van der Waals surface area contributed by atoms with Crippen LogP contribution in [0.5, 0.6) is 0 Å². The molecule has 32 heavy (non-hydrogen) atoms. The lowest BCUT2D eigenvalue weighted by molar-refractivity contribution is -0.135. The van der Waals surface area contributed by atoms with Crippen LogP contribution in [-0.2, 0) is 19.1 Å². The summed E-state index contributed by atoms with van der Waals surface area (Å²) >= 11 is 0. The van der Waals surface area contributed by atoms with Crippen molar-refractivity contribution in [1.29, 1.82) is 0 Å². The van der Waals surface area contributed by atoms with Crippen LogP contribution in [0.1, 0.15) is 45.4 Å². The van der Waals surface area contributed by atoms with Gasteiger partial charge in [0.25, 0.3) is 0 Å². The number of anilines is 2. The second kappa shape index (κ2) is 12.4. The standard InChI is InChI=1S/C24H36N4O4/c1-2-27(24(31)17-25-22(29)16-19-6-4-3-5-7-19)18-23(30)26-20-8-10-21(11-9-20)28-12-14-32-15-13-28/h8-11,19H,2-7,12-18H2,1H3,(H,25,29)(H,26,30). The SMILES string of the molecule is CCN(CC(=O)Nc1ccc(N2CCOCC2)cc1)C(=O)CNC(=O)CC1CCCCC1. The average molecular weight is 445 g/mol. The van der Waals surface area contributed by atoms with Crippen molar-refractivity contribution in [3.05, 3.63) is 24.3 Å². The van der Waals surface area contributed by atoms with Gasteiger partial charge in [0.15, 0.2) is 0 Å². The van der Waals surface area contributed by atoms with Crippen molar-refractivity contribution in [2.45, 2.75) is 45.4 Å². The summed E-state index contributed by atoms with van der Waals surface area (Å²) in [6.45, 7) is 5.28. The van der Waals surface area contributed by atoms with Gasteiger partial charge in [0.2, 0.25) is 17.7 Å². The van der Waals surface area contributed by atoms with E-state index in [1.54, 1.807) is 0 Å². The van der Waals surface area contributed by atoms with Gasteiger partial charge >= 0.3 is 0 Å². The molecule has 1 aromatic carbocycles. The van der Waals surface area contributed by atoms with E-state index in [2.05, 4.69) is 15.5 Å². The summed E-state index contributed by atoms with van der Waals surface area (Å²) in [5.41, 5.74) is 1.79. The van der Waals surface area contributed by atoms with Gasteiger partial charge in [0.05, 0.1) is 26.3 Å². The number of hydrogen-bond donors (Lipinski definition) is 2. The molecular weight excluding hydrogens is 408 g/mol. The first-order chi connectivity index (χ1) is 15.5. The fraction of sp³-hybridized carbons (Fsp3) is 0.625. The second-order valence-corrected chi connectivity index (χ2v) is 8.59. The lowest BCUT2D eigenvalue weighted by atomic mass is 9.87. The van der Waals surface area contributed by atoms with Gasteiger partial charge in [-0.05, 0) is 49.9 Å². The zero-order chi connectivity index (χ0) is 22.8. The highest BCUT2D eigenvalue weighted by molar-refractivity contribution is 5.95. The molecule has 0 unspecified atom stereocenters. The molecule has 0 spiro atoms. The number of carbonyl (C=O) groups excluding carboxylic acids is 3. The Bertz CT molecular complexity index is 756. The van der Waals surface area contributed by atoms with E-state index in [0.29, 0.717) is 24.6 Å². The molecule has 1 heterocycles. The highest BCUT2D eigenvalue weighted by Crippen LogP contribution is 2.26. The Morgan fingerprint density at radius 1 is 1.03 bits per heavy atom. The molecule has 8 nitrogen and oxygen atoms in total. The number of ether oxygens (including phenoxy) is 1. The zero-order valence-corrected chi connectivity index (χ0v) is 19.1. The van der Waals surface area contributed by atoms with Crippen molar-refractivity contribution >= 4 is 29.1 Å². The number of nitrogens with one attached hydrogen (secondary N) is 2. The van der Waals surface area contributed by atoms with Gasteiger partial charge in [-0.25, -0.2) is 0 Å². The van der Waals surface area contributed by atoms with E-state index in [4.69, 9.17) is 4.74 Å². The maximum absolute atomic E-state index is 12.5. The molecule has 8 heteroatoms. The van der Waals surface area contributed by atoms with Gasteiger partial charge in [-0.3, -0.25) is 14.4 Å². The molecule has 2 N–H and O–H groups in total. The predicted molar refractivity (Wildman–Crippen MR) is 125 cm³/mol. The van der Waals surface area contributed by atoms with Gasteiger partial charge in [0, 0.05) is 37.4 Å². The van der Waals surface area contributed by atoms with Crippen LogP contribution in [0.15, 0.2) is 24.3 Å². The zero-order valence-electron chi connectivity index (χ0n) is 19.1. The minimum Gasteiger partial charge on any atom is -0.378 e. The minimum atomic E-state index is -0.257. The van der Waals surface area contributed by atoms with E-state index >= 15 is 0 Å².